The van der Waals surface area contributed by atoms with Crippen LogP contribution in [0.2, 0.25) is 0 Å². The second kappa shape index (κ2) is 4.57. The van der Waals surface area contributed by atoms with Crippen molar-refractivity contribution in [2.75, 3.05) is 14.2 Å². The van der Waals surface area contributed by atoms with Gasteiger partial charge >= 0.3 is 0 Å². The molecule has 1 N–H and O–H groups in total. The first-order valence-electron chi connectivity index (χ1n) is 6.01. The third-order valence-corrected chi connectivity index (χ3v) is 3.39. The minimum absolute atomic E-state index is 0.668. The highest BCUT2D eigenvalue weighted by Gasteiger charge is 2.33. The number of rotatable bonds is 5. The second-order valence-corrected chi connectivity index (χ2v) is 4.99. The van der Waals surface area contributed by atoms with Crippen molar-refractivity contribution in [3.05, 3.63) is 23.8 Å². The lowest BCUT2D eigenvalue weighted by molar-refractivity contribution is 0.0415. The molecule has 0 spiro atoms. The maximum Gasteiger partial charge on any atom is 0.161 e. The van der Waals surface area contributed by atoms with Crippen molar-refractivity contribution in [2.24, 2.45) is 5.92 Å². The molecule has 1 fully saturated rings. The summed E-state index contributed by atoms with van der Waals surface area (Å²) in [6.07, 6.45) is 3.30. The summed E-state index contributed by atoms with van der Waals surface area (Å²) >= 11 is 0. The highest BCUT2D eigenvalue weighted by atomic mass is 16.5. The third kappa shape index (κ3) is 2.72. The van der Waals surface area contributed by atoms with Crippen molar-refractivity contribution >= 4 is 0 Å². The summed E-state index contributed by atoms with van der Waals surface area (Å²) in [6, 6.07) is 5.61. The second-order valence-electron chi connectivity index (χ2n) is 4.99. The number of methoxy groups -OCH3 is 2. The molecule has 0 aliphatic heterocycles. The van der Waals surface area contributed by atoms with Crippen LogP contribution >= 0.6 is 0 Å². The van der Waals surface area contributed by atoms with Gasteiger partial charge in [0, 0.05) is 0 Å². The monoisotopic (exact) mass is 236 g/mol. The van der Waals surface area contributed by atoms with Crippen molar-refractivity contribution in [1.29, 1.82) is 0 Å². The van der Waals surface area contributed by atoms with E-state index in [1.165, 1.54) is 12.8 Å². The van der Waals surface area contributed by atoms with Crippen LogP contribution in [0, 0.1) is 5.92 Å². The summed E-state index contributed by atoms with van der Waals surface area (Å²) in [7, 11) is 3.22. The van der Waals surface area contributed by atoms with Gasteiger partial charge in [-0.3, -0.25) is 0 Å². The molecule has 1 aromatic carbocycles. The standard InChI is InChI=1S/C14H20O3/c1-14(15,9-10-4-5-10)11-6-7-12(16-2)13(8-11)17-3/h6-8,10,15H,4-5,9H2,1-3H3. The Morgan fingerprint density at radius 3 is 2.41 bits per heavy atom. The topological polar surface area (TPSA) is 38.7 Å². The lowest BCUT2D eigenvalue weighted by Crippen LogP contribution is -2.21. The van der Waals surface area contributed by atoms with Gasteiger partial charge in [-0.2, -0.15) is 0 Å². The first-order valence-corrected chi connectivity index (χ1v) is 6.01. The van der Waals surface area contributed by atoms with E-state index in [9.17, 15) is 5.11 Å². The van der Waals surface area contributed by atoms with Gasteiger partial charge < -0.3 is 14.6 Å². The van der Waals surface area contributed by atoms with Crippen LogP contribution in [0.3, 0.4) is 0 Å². The predicted molar refractivity (Wildman–Crippen MR) is 66.5 cm³/mol. The molecular weight excluding hydrogens is 216 g/mol. The molecule has 0 saturated heterocycles. The zero-order valence-corrected chi connectivity index (χ0v) is 10.7. The molecule has 1 unspecified atom stereocenters. The van der Waals surface area contributed by atoms with Crippen molar-refractivity contribution in [2.45, 2.75) is 31.8 Å². The van der Waals surface area contributed by atoms with Gasteiger partial charge in [-0.1, -0.05) is 18.9 Å². The third-order valence-electron chi connectivity index (χ3n) is 3.39. The van der Waals surface area contributed by atoms with Gasteiger partial charge in [-0.25, -0.2) is 0 Å². The van der Waals surface area contributed by atoms with E-state index < -0.39 is 5.60 Å². The summed E-state index contributed by atoms with van der Waals surface area (Å²) in [5.41, 5.74) is 0.114. The fourth-order valence-corrected chi connectivity index (χ4v) is 2.17. The molecule has 1 atom stereocenters. The lowest BCUT2D eigenvalue weighted by Gasteiger charge is -2.24. The van der Waals surface area contributed by atoms with E-state index >= 15 is 0 Å². The summed E-state index contributed by atoms with van der Waals surface area (Å²) in [6.45, 7) is 1.87. The number of ether oxygens (including phenoxy) is 2. The largest absolute Gasteiger partial charge is 0.493 e. The van der Waals surface area contributed by atoms with E-state index in [0.29, 0.717) is 17.4 Å². The Morgan fingerprint density at radius 1 is 1.24 bits per heavy atom. The van der Waals surface area contributed by atoms with Crippen LogP contribution < -0.4 is 9.47 Å². The zero-order chi connectivity index (χ0) is 12.5. The molecular formula is C14H20O3. The Hall–Kier alpha value is -1.22. The highest BCUT2D eigenvalue weighted by molar-refractivity contribution is 5.44. The molecule has 1 saturated carbocycles. The number of benzene rings is 1. The van der Waals surface area contributed by atoms with E-state index in [1.807, 2.05) is 25.1 Å². The highest BCUT2D eigenvalue weighted by Crippen LogP contribution is 2.42. The molecule has 1 aromatic rings. The number of aliphatic hydroxyl groups is 1. The maximum absolute atomic E-state index is 10.5. The van der Waals surface area contributed by atoms with Crippen molar-refractivity contribution in [1.82, 2.24) is 0 Å². The van der Waals surface area contributed by atoms with E-state index in [-0.39, 0.29) is 0 Å². The van der Waals surface area contributed by atoms with Crippen LogP contribution in [-0.4, -0.2) is 19.3 Å². The van der Waals surface area contributed by atoms with E-state index in [4.69, 9.17) is 9.47 Å². The lowest BCUT2D eigenvalue weighted by atomic mass is 9.90. The summed E-state index contributed by atoms with van der Waals surface area (Å²) in [4.78, 5) is 0. The van der Waals surface area contributed by atoms with E-state index in [1.54, 1.807) is 14.2 Å². The van der Waals surface area contributed by atoms with Gasteiger partial charge in [0.05, 0.1) is 19.8 Å². The van der Waals surface area contributed by atoms with Gasteiger partial charge in [0.2, 0.25) is 0 Å². The molecule has 0 amide bonds. The van der Waals surface area contributed by atoms with Crippen LogP contribution in [0.25, 0.3) is 0 Å². The normalized spacial score (nSPS) is 18.6. The molecule has 1 aliphatic rings. The first-order chi connectivity index (χ1) is 8.06. The molecule has 3 nitrogen and oxygen atoms in total. The molecule has 0 heterocycles. The Kier molecular flexibility index (Phi) is 3.29. The Balaban J connectivity index is 2.24. The molecule has 0 bridgehead atoms. The van der Waals surface area contributed by atoms with Gasteiger partial charge in [-0.15, -0.1) is 0 Å². The molecule has 2 rings (SSSR count). The van der Waals surface area contributed by atoms with E-state index in [0.717, 1.165) is 12.0 Å². The number of hydrogen-bond acceptors (Lipinski definition) is 3. The fourth-order valence-electron chi connectivity index (χ4n) is 2.17. The van der Waals surface area contributed by atoms with Crippen molar-refractivity contribution < 1.29 is 14.6 Å². The summed E-state index contributed by atoms with van der Waals surface area (Å²) in [5, 5.41) is 10.5. The molecule has 94 valence electrons. The van der Waals surface area contributed by atoms with Gasteiger partial charge in [0.15, 0.2) is 11.5 Å². The van der Waals surface area contributed by atoms with Crippen LogP contribution in [0.15, 0.2) is 18.2 Å². The first kappa shape index (κ1) is 12.2. The quantitative estimate of drug-likeness (QED) is 0.854. The SMILES string of the molecule is COc1ccc(C(C)(O)CC2CC2)cc1OC. The molecule has 0 radical (unpaired) electrons. The molecule has 3 heteroatoms. The van der Waals surface area contributed by atoms with Crippen molar-refractivity contribution in [3.8, 4) is 11.5 Å². The summed E-state index contributed by atoms with van der Waals surface area (Å²) < 4.78 is 10.4. The molecule has 17 heavy (non-hydrogen) atoms. The fraction of sp³-hybridized carbons (Fsp3) is 0.571. The maximum atomic E-state index is 10.5. The Morgan fingerprint density at radius 2 is 1.88 bits per heavy atom. The molecule has 1 aliphatic carbocycles. The average Bonchev–Trinajstić information content (AvgIpc) is 3.11. The van der Waals surface area contributed by atoms with Crippen molar-refractivity contribution in [3.63, 3.8) is 0 Å². The smallest absolute Gasteiger partial charge is 0.161 e. The van der Waals surface area contributed by atoms with E-state index in [2.05, 4.69) is 0 Å². The number of hydrogen-bond donors (Lipinski definition) is 1. The van der Waals surface area contributed by atoms with Gasteiger partial charge in [-0.05, 0) is 37.0 Å². The average molecular weight is 236 g/mol. The van der Waals surface area contributed by atoms with Crippen LogP contribution in [0.5, 0.6) is 11.5 Å². The van der Waals surface area contributed by atoms with Crippen LogP contribution in [0.4, 0.5) is 0 Å². The van der Waals surface area contributed by atoms with Crippen LogP contribution in [0.1, 0.15) is 31.7 Å². The van der Waals surface area contributed by atoms with Gasteiger partial charge in [0.25, 0.3) is 0 Å². The predicted octanol–water partition coefficient (Wildman–Crippen LogP) is 2.71. The van der Waals surface area contributed by atoms with Gasteiger partial charge in [0.1, 0.15) is 0 Å². The summed E-state index contributed by atoms with van der Waals surface area (Å²) in [5.74, 6) is 2.04. The Bertz CT molecular complexity index is 394. The zero-order valence-electron chi connectivity index (χ0n) is 10.7. The minimum Gasteiger partial charge on any atom is -0.493 e. The molecule has 0 aromatic heterocycles. The Labute approximate surface area is 102 Å². The van der Waals surface area contributed by atoms with Crippen LogP contribution in [-0.2, 0) is 5.60 Å². The minimum atomic E-state index is -0.777.